The summed E-state index contributed by atoms with van der Waals surface area (Å²) >= 11 is 6.17. The van der Waals surface area contributed by atoms with Gasteiger partial charge in [0, 0.05) is 11.6 Å². The average molecular weight is 365 g/mol. The van der Waals surface area contributed by atoms with Crippen LogP contribution >= 0.6 is 11.6 Å². The molecule has 0 radical (unpaired) electrons. The lowest BCUT2D eigenvalue weighted by atomic mass is 10.1. The summed E-state index contributed by atoms with van der Waals surface area (Å²) in [5.74, 6) is -2.43. The van der Waals surface area contributed by atoms with Gasteiger partial charge in [0.1, 0.15) is 4.90 Å². The molecule has 1 aromatic heterocycles. The summed E-state index contributed by atoms with van der Waals surface area (Å²) in [6, 6.07) is 8.63. The van der Waals surface area contributed by atoms with Crippen molar-refractivity contribution in [2.75, 3.05) is 0 Å². The summed E-state index contributed by atoms with van der Waals surface area (Å²) in [6.07, 6.45) is 1.03. The van der Waals surface area contributed by atoms with Crippen molar-refractivity contribution in [3.05, 3.63) is 64.8 Å². The SMILES string of the molecule is N#Cc1ccc2c(Cl)c(S(=O)(=O)c3ccc(F)c(F)c3)cnc2c1. The maximum Gasteiger partial charge on any atom is 0.209 e. The molecule has 3 rings (SSSR count). The van der Waals surface area contributed by atoms with Crippen LogP contribution in [-0.4, -0.2) is 13.4 Å². The van der Waals surface area contributed by atoms with Crippen molar-refractivity contribution in [3.8, 4) is 6.07 Å². The fourth-order valence-electron chi connectivity index (χ4n) is 2.17. The zero-order valence-electron chi connectivity index (χ0n) is 11.8. The molecule has 120 valence electrons. The summed E-state index contributed by atoms with van der Waals surface area (Å²) in [6.45, 7) is 0. The minimum absolute atomic E-state index is 0.103. The quantitative estimate of drug-likeness (QED) is 0.647. The molecular weight excluding hydrogens is 358 g/mol. The van der Waals surface area contributed by atoms with Gasteiger partial charge in [-0.25, -0.2) is 17.2 Å². The van der Waals surface area contributed by atoms with Crippen LogP contribution in [0.2, 0.25) is 5.02 Å². The average Bonchev–Trinajstić information content (AvgIpc) is 2.56. The monoisotopic (exact) mass is 364 g/mol. The molecule has 0 aliphatic rings. The van der Waals surface area contributed by atoms with Crippen LogP contribution in [0.5, 0.6) is 0 Å². The van der Waals surface area contributed by atoms with Gasteiger partial charge in [-0.1, -0.05) is 11.6 Å². The fourth-order valence-corrected chi connectivity index (χ4v) is 3.98. The smallest absolute Gasteiger partial charge is 0.209 e. The van der Waals surface area contributed by atoms with Crippen LogP contribution in [0.1, 0.15) is 5.56 Å². The first kappa shape index (κ1) is 16.3. The Morgan fingerprint density at radius 1 is 1.08 bits per heavy atom. The molecule has 0 spiro atoms. The second-order valence-corrected chi connectivity index (χ2v) is 7.16. The molecule has 2 aromatic carbocycles. The van der Waals surface area contributed by atoms with Crippen molar-refractivity contribution in [1.82, 2.24) is 4.98 Å². The highest BCUT2D eigenvalue weighted by Gasteiger charge is 2.24. The van der Waals surface area contributed by atoms with Gasteiger partial charge in [-0.15, -0.1) is 0 Å². The molecule has 0 N–H and O–H groups in total. The molecule has 4 nitrogen and oxygen atoms in total. The van der Waals surface area contributed by atoms with Gasteiger partial charge >= 0.3 is 0 Å². The number of benzene rings is 2. The molecule has 0 saturated carbocycles. The number of nitriles is 1. The number of nitrogens with zero attached hydrogens (tertiary/aromatic N) is 2. The van der Waals surface area contributed by atoms with Crippen molar-refractivity contribution >= 4 is 32.3 Å². The molecular formula is C16H7ClF2N2O2S. The molecule has 0 saturated heterocycles. The van der Waals surface area contributed by atoms with E-state index in [0.717, 1.165) is 18.3 Å². The number of hydrogen-bond acceptors (Lipinski definition) is 4. The van der Waals surface area contributed by atoms with E-state index in [0.29, 0.717) is 22.5 Å². The van der Waals surface area contributed by atoms with E-state index < -0.39 is 26.4 Å². The Morgan fingerprint density at radius 3 is 2.50 bits per heavy atom. The van der Waals surface area contributed by atoms with E-state index in [4.69, 9.17) is 16.9 Å². The van der Waals surface area contributed by atoms with Gasteiger partial charge in [-0.05, 0) is 36.4 Å². The molecule has 8 heteroatoms. The summed E-state index contributed by atoms with van der Waals surface area (Å²) in [7, 11) is -4.18. The van der Waals surface area contributed by atoms with Crippen LogP contribution in [0.25, 0.3) is 10.9 Å². The number of halogens is 3. The Bertz CT molecular complexity index is 1120. The van der Waals surface area contributed by atoms with Crippen LogP contribution in [0, 0.1) is 23.0 Å². The van der Waals surface area contributed by atoms with E-state index in [9.17, 15) is 17.2 Å². The number of hydrogen-bond donors (Lipinski definition) is 0. The standard InChI is InChI=1S/C16H7ClF2N2O2S/c17-16-11-3-1-9(7-20)5-14(11)21-8-15(16)24(22,23)10-2-4-12(18)13(19)6-10/h1-6,8H. The minimum atomic E-state index is -4.18. The third-order valence-corrected chi connectivity index (χ3v) is 5.67. The van der Waals surface area contributed by atoms with Crippen LogP contribution < -0.4 is 0 Å². The van der Waals surface area contributed by atoms with Gasteiger partial charge in [0.15, 0.2) is 11.6 Å². The van der Waals surface area contributed by atoms with Crippen molar-refractivity contribution in [1.29, 1.82) is 5.26 Å². The molecule has 0 atom stereocenters. The van der Waals surface area contributed by atoms with Gasteiger partial charge in [-0.2, -0.15) is 5.26 Å². The number of aromatic nitrogens is 1. The Hall–Kier alpha value is -2.56. The maximum absolute atomic E-state index is 13.3. The van der Waals surface area contributed by atoms with Gasteiger partial charge in [0.05, 0.1) is 27.1 Å². The molecule has 0 fully saturated rings. The second-order valence-electron chi connectivity index (χ2n) is 4.86. The first-order valence-electron chi connectivity index (χ1n) is 6.53. The Labute approximate surface area is 140 Å². The lowest BCUT2D eigenvalue weighted by molar-refractivity contribution is 0.504. The van der Waals surface area contributed by atoms with Crippen molar-refractivity contribution < 1.29 is 17.2 Å². The summed E-state index contributed by atoms with van der Waals surface area (Å²) in [5, 5.41) is 9.10. The zero-order chi connectivity index (χ0) is 17.5. The molecule has 0 amide bonds. The van der Waals surface area contributed by atoms with Gasteiger partial charge in [-0.3, -0.25) is 4.98 Å². The molecule has 24 heavy (non-hydrogen) atoms. The van der Waals surface area contributed by atoms with Gasteiger partial charge in [0.2, 0.25) is 9.84 Å². The predicted octanol–water partition coefficient (Wildman–Crippen LogP) is 3.87. The first-order chi connectivity index (χ1) is 11.3. The molecule has 0 bridgehead atoms. The van der Waals surface area contributed by atoms with Crippen LogP contribution in [-0.2, 0) is 9.84 Å². The summed E-state index contributed by atoms with van der Waals surface area (Å²) in [4.78, 5) is 3.24. The highest BCUT2D eigenvalue weighted by atomic mass is 35.5. The van der Waals surface area contributed by atoms with Crippen molar-refractivity contribution in [2.45, 2.75) is 9.79 Å². The van der Waals surface area contributed by atoms with E-state index in [1.54, 1.807) is 0 Å². The summed E-state index contributed by atoms with van der Waals surface area (Å²) in [5.41, 5.74) is 0.700. The van der Waals surface area contributed by atoms with E-state index in [1.165, 1.54) is 18.2 Å². The minimum Gasteiger partial charge on any atom is -0.255 e. The zero-order valence-corrected chi connectivity index (χ0v) is 13.4. The molecule has 0 aliphatic heterocycles. The first-order valence-corrected chi connectivity index (χ1v) is 8.39. The van der Waals surface area contributed by atoms with E-state index >= 15 is 0 Å². The molecule has 0 unspecified atom stereocenters. The van der Waals surface area contributed by atoms with Crippen LogP contribution in [0.15, 0.2) is 52.4 Å². The highest BCUT2D eigenvalue weighted by Crippen LogP contribution is 2.33. The van der Waals surface area contributed by atoms with Gasteiger partial charge < -0.3 is 0 Å². The van der Waals surface area contributed by atoms with Gasteiger partial charge in [0.25, 0.3) is 0 Å². The molecule has 1 heterocycles. The Balaban J connectivity index is 2.23. The van der Waals surface area contributed by atoms with E-state index in [2.05, 4.69) is 4.98 Å². The normalized spacial score (nSPS) is 11.4. The number of sulfone groups is 1. The predicted molar refractivity (Wildman–Crippen MR) is 83.3 cm³/mol. The van der Waals surface area contributed by atoms with E-state index in [-0.39, 0.29) is 9.92 Å². The lowest BCUT2D eigenvalue weighted by Gasteiger charge is -2.09. The third kappa shape index (κ3) is 2.60. The second kappa shape index (κ2) is 5.82. The van der Waals surface area contributed by atoms with Crippen LogP contribution in [0.3, 0.4) is 0 Å². The topological polar surface area (TPSA) is 70.8 Å². The summed E-state index contributed by atoms with van der Waals surface area (Å²) < 4.78 is 51.6. The molecule has 0 aliphatic carbocycles. The maximum atomic E-state index is 13.3. The van der Waals surface area contributed by atoms with Crippen molar-refractivity contribution in [3.63, 3.8) is 0 Å². The number of pyridine rings is 1. The molecule has 3 aromatic rings. The lowest BCUT2D eigenvalue weighted by Crippen LogP contribution is -2.05. The fraction of sp³-hybridized carbons (Fsp3) is 0. The number of fused-ring (bicyclic) bond motifs is 1. The Morgan fingerprint density at radius 2 is 1.83 bits per heavy atom. The van der Waals surface area contributed by atoms with Crippen LogP contribution in [0.4, 0.5) is 8.78 Å². The highest BCUT2D eigenvalue weighted by molar-refractivity contribution is 7.91. The largest absolute Gasteiger partial charge is 0.255 e. The third-order valence-electron chi connectivity index (χ3n) is 3.39. The number of rotatable bonds is 2. The Kier molecular flexibility index (Phi) is 3.95. The van der Waals surface area contributed by atoms with E-state index in [1.807, 2.05) is 6.07 Å². The van der Waals surface area contributed by atoms with Crippen molar-refractivity contribution in [2.24, 2.45) is 0 Å².